The van der Waals surface area contributed by atoms with Crippen molar-refractivity contribution in [3.63, 3.8) is 0 Å². The monoisotopic (exact) mass is 276 g/mol. The van der Waals surface area contributed by atoms with Crippen LogP contribution in [0.25, 0.3) is 0 Å². The summed E-state index contributed by atoms with van der Waals surface area (Å²) in [6, 6.07) is 3.60. The van der Waals surface area contributed by atoms with Gasteiger partial charge in [0.05, 0.1) is 5.69 Å². The van der Waals surface area contributed by atoms with Crippen molar-refractivity contribution >= 4 is 15.7 Å². The van der Waals surface area contributed by atoms with Gasteiger partial charge in [-0.2, -0.15) is 0 Å². The van der Waals surface area contributed by atoms with Gasteiger partial charge in [-0.3, -0.25) is 0 Å². The number of sulfonamides is 1. The zero-order valence-corrected chi connectivity index (χ0v) is 11.1. The van der Waals surface area contributed by atoms with Crippen LogP contribution in [0, 0.1) is 5.82 Å². The Morgan fingerprint density at radius 1 is 1.44 bits per heavy atom. The van der Waals surface area contributed by atoms with Gasteiger partial charge in [0.2, 0.25) is 10.0 Å². The number of aliphatic hydroxyl groups excluding tert-OH is 1. The van der Waals surface area contributed by atoms with E-state index in [0.717, 1.165) is 6.07 Å². The largest absolute Gasteiger partial charge is 0.396 e. The van der Waals surface area contributed by atoms with Gasteiger partial charge in [0.25, 0.3) is 0 Å². The first-order valence-electron chi connectivity index (χ1n) is 5.38. The van der Waals surface area contributed by atoms with Gasteiger partial charge in [0.15, 0.2) is 0 Å². The number of rotatable bonds is 5. The number of anilines is 1. The minimum atomic E-state index is -3.92. The molecule has 0 heterocycles. The molecule has 0 spiro atoms. The zero-order chi connectivity index (χ0) is 14.0. The summed E-state index contributed by atoms with van der Waals surface area (Å²) in [6.45, 7) is 3.08. The van der Waals surface area contributed by atoms with Crippen LogP contribution in [-0.2, 0) is 10.0 Å². The van der Waals surface area contributed by atoms with Crippen LogP contribution in [0.2, 0.25) is 0 Å². The topological polar surface area (TPSA) is 92.4 Å². The van der Waals surface area contributed by atoms with E-state index in [0.29, 0.717) is 0 Å². The van der Waals surface area contributed by atoms with E-state index in [1.54, 1.807) is 13.8 Å². The quantitative estimate of drug-likeness (QED) is 0.695. The Morgan fingerprint density at radius 3 is 2.61 bits per heavy atom. The summed E-state index contributed by atoms with van der Waals surface area (Å²) in [6.07, 6.45) is 0.238. The van der Waals surface area contributed by atoms with Crippen LogP contribution in [0.4, 0.5) is 10.1 Å². The number of nitrogen functional groups attached to an aromatic ring is 1. The molecule has 0 radical (unpaired) electrons. The number of hydrogen-bond acceptors (Lipinski definition) is 4. The Bertz CT molecular complexity index is 529. The van der Waals surface area contributed by atoms with Gasteiger partial charge >= 0.3 is 0 Å². The van der Waals surface area contributed by atoms with Gasteiger partial charge in [0, 0.05) is 12.1 Å². The summed E-state index contributed by atoms with van der Waals surface area (Å²) >= 11 is 0. The lowest BCUT2D eigenvalue weighted by atomic mass is 10.0. The predicted molar refractivity (Wildman–Crippen MR) is 66.9 cm³/mol. The summed E-state index contributed by atoms with van der Waals surface area (Å²) < 4.78 is 39.7. The molecule has 0 saturated carbocycles. The maximum Gasteiger partial charge on any atom is 0.243 e. The first-order valence-corrected chi connectivity index (χ1v) is 6.87. The minimum absolute atomic E-state index is 0.159. The average molecular weight is 276 g/mol. The van der Waals surface area contributed by atoms with Crippen molar-refractivity contribution < 1.29 is 17.9 Å². The predicted octanol–water partition coefficient (Wildman–Crippen LogP) is 0.847. The molecule has 18 heavy (non-hydrogen) atoms. The SMILES string of the molecule is CC(C)(CCO)NS(=O)(=O)c1cccc(F)c1N. The summed E-state index contributed by atoms with van der Waals surface area (Å²) in [5, 5.41) is 8.85. The second-order valence-electron chi connectivity index (χ2n) is 4.61. The highest BCUT2D eigenvalue weighted by molar-refractivity contribution is 7.89. The van der Waals surface area contributed by atoms with Crippen LogP contribution in [0.3, 0.4) is 0 Å². The summed E-state index contributed by atoms with van der Waals surface area (Å²) in [5.74, 6) is -0.780. The smallest absolute Gasteiger partial charge is 0.243 e. The number of hydrogen-bond donors (Lipinski definition) is 3. The Labute approximate surface area is 106 Å². The maximum absolute atomic E-state index is 13.2. The third-order valence-electron chi connectivity index (χ3n) is 2.45. The molecule has 0 saturated heterocycles. The Hall–Kier alpha value is -1.18. The van der Waals surface area contributed by atoms with Crippen LogP contribution < -0.4 is 10.5 Å². The summed E-state index contributed by atoms with van der Waals surface area (Å²) in [5.41, 5.74) is 4.16. The van der Waals surface area contributed by atoms with E-state index in [4.69, 9.17) is 10.8 Å². The average Bonchev–Trinajstić information content (AvgIpc) is 2.19. The van der Waals surface area contributed by atoms with E-state index in [1.807, 2.05) is 0 Å². The molecule has 5 nitrogen and oxygen atoms in total. The molecule has 1 rings (SSSR count). The molecule has 1 aromatic rings. The number of nitrogens with one attached hydrogen (secondary N) is 1. The highest BCUT2D eigenvalue weighted by atomic mass is 32.2. The van der Waals surface area contributed by atoms with Gasteiger partial charge in [0.1, 0.15) is 10.7 Å². The molecular weight excluding hydrogens is 259 g/mol. The van der Waals surface area contributed by atoms with Crippen molar-refractivity contribution in [1.29, 1.82) is 0 Å². The normalized spacial score (nSPS) is 12.7. The number of benzene rings is 1. The highest BCUT2D eigenvalue weighted by Gasteiger charge is 2.27. The molecule has 4 N–H and O–H groups in total. The standard InChI is InChI=1S/C11H17FN2O3S/c1-11(2,6-7-15)14-18(16,17)9-5-3-4-8(12)10(9)13/h3-5,14-15H,6-7,13H2,1-2H3. The lowest BCUT2D eigenvalue weighted by Gasteiger charge is -2.25. The fourth-order valence-corrected chi connectivity index (χ4v) is 3.09. The van der Waals surface area contributed by atoms with Crippen LogP contribution >= 0.6 is 0 Å². The summed E-state index contributed by atoms with van der Waals surface area (Å²) in [7, 11) is -3.92. The molecule has 0 amide bonds. The van der Waals surface area contributed by atoms with Crippen molar-refractivity contribution in [3.8, 4) is 0 Å². The number of halogens is 1. The molecule has 0 aliphatic carbocycles. The first kappa shape index (κ1) is 14.9. The van der Waals surface area contributed by atoms with Gasteiger partial charge in [-0.15, -0.1) is 0 Å². The summed E-state index contributed by atoms with van der Waals surface area (Å²) in [4.78, 5) is -0.298. The van der Waals surface area contributed by atoms with E-state index < -0.39 is 27.1 Å². The minimum Gasteiger partial charge on any atom is -0.396 e. The van der Waals surface area contributed by atoms with Crippen molar-refractivity contribution in [2.75, 3.05) is 12.3 Å². The van der Waals surface area contributed by atoms with Crippen LogP contribution in [-0.4, -0.2) is 25.7 Å². The molecule has 0 aromatic heterocycles. The van der Waals surface area contributed by atoms with Crippen molar-refractivity contribution in [1.82, 2.24) is 4.72 Å². The van der Waals surface area contributed by atoms with E-state index >= 15 is 0 Å². The Morgan fingerprint density at radius 2 is 2.06 bits per heavy atom. The van der Waals surface area contributed by atoms with Crippen molar-refractivity contribution in [2.45, 2.75) is 30.7 Å². The molecule has 1 aromatic carbocycles. The van der Waals surface area contributed by atoms with Gasteiger partial charge in [-0.05, 0) is 32.4 Å². The van der Waals surface area contributed by atoms with Gasteiger partial charge in [-0.25, -0.2) is 17.5 Å². The second kappa shape index (κ2) is 5.21. The van der Waals surface area contributed by atoms with Crippen LogP contribution in [0.1, 0.15) is 20.3 Å². The van der Waals surface area contributed by atoms with E-state index in [9.17, 15) is 12.8 Å². The fraction of sp³-hybridized carbons (Fsp3) is 0.455. The Balaban J connectivity index is 3.11. The molecule has 0 aliphatic rings. The van der Waals surface area contributed by atoms with E-state index in [-0.39, 0.29) is 17.9 Å². The second-order valence-corrected chi connectivity index (χ2v) is 6.27. The first-order chi connectivity index (χ1) is 8.19. The van der Waals surface area contributed by atoms with E-state index in [1.165, 1.54) is 12.1 Å². The van der Waals surface area contributed by atoms with Crippen molar-refractivity contribution in [2.24, 2.45) is 0 Å². The molecule has 0 unspecified atom stereocenters. The molecule has 0 bridgehead atoms. The molecular formula is C11H17FN2O3S. The third kappa shape index (κ3) is 3.41. The number of para-hydroxylation sites is 1. The van der Waals surface area contributed by atoms with Crippen LogP contribution in [0.15, 0.2) is 23.1 Å². The number of aliphatic hydroxyl groups is 1. The highest BCUT2D eigenvalue weighted by Crippen LogP contribution is 2.23. The molecule has 0 fully saturated rings. The third-order valence-corrected chi connectivity index (χ3v) is 4.21. The molecule has 0 atom stereocenters. The van der Waals surface area contributed by atoms with Crippen LogP contribution in [0.5, 0.6) is 0 Å². The molecule has 0 aliphatic heterocycles. The van der Waals surface area contributed by atoms with Gasteiger partial charge in [-0.1, -0.05) is 6.07 Å². The Kier molecular flexibility index (Phi) is 4.31. The lowest BCUT2D eigenvalue weighted by Crippen LogP contribution is -2.44. The fourth-order valence-electron chi connectivity index (χ4n) is 1.50. The maximum atomic E-state index is 13.2. The molecule has 7 heteroatoms. The zero-order valence-electron chi connectivity index (χ0n) is 10.3. The van der Waals surface area contributed by atoms with Gasteiger partial charge < -0.3 is 10.8 Å². The molecule has 102 valence electrons. The number of nitrogens with two attached hydrogens (primary N) is 1. The van der Waals surface area contributed by atoms with Crippen molar-refractivity contribution in [3.05, 3.63) is 24.0 Å². The van der Waals surface area contributed by atoms with E-state index in [2.05, 4.69) is 4.72 Å². The lowest BCUT2D eigenvalue weighted by molar-refractivity contribution is 0.246.